The molecule has 0 spiro atoms. The highest BCUT2D eigenvalue weighted by atomic mass is 16.7. The van der Waals surface area contributed by atoms with Crippen molar-refractivity contribution < 1.29 is 38.1 Å². The van der Waals surface area contributed by atoms with Crippen LogP contribution >= 0.6 is 0 Å². The van der Waals surface area contributed by atoms with E-state index in [-0.39, 0.29) is 26.1 Å². The zero-order valence-electron chi connectivity index (χ0n) is 15.6. The first-order valence-corrected chi connectivity index (χ1v) is 8.19. The predicted molar refractivity (Wildman–Crippen MR) is 91.6 cm³/mol. The molecular weight excluding hydrogens is 344 g/mol. The van der Waals surface area contributed by atoms with Crippen LogP contribution in [0.4, 0.5) is 0 Å². The maximum atomic E-state index is 12.4. The molecule has 0 N–H and O–H groups in total. The van der Waals surface area contributed by atoms with Gasteiger partial charge in [-0.2, -0.15) is 0 Å². The minimum atomic E-state index is -1.62. The first-order valence-electron chi connectivity index (χ1n) is 8.19. The highest BCUT2D eigenvalue weighted by Gasteiger charge is 2.47. The fourth-order valence-corrected chi connectivity index (χ4v) is 2.09. The number of carbonyl (C=O) groups excluding carboxylic acids is 4. The summed E-state index contributed by atoms with van der Waals surface area (Å²) in [6.45, 7) is 9.30. The molecular formula is C18H26O8. The van der Waals surface area contributed by atoms with E-state index in [9.17, 15) is 19.2 Å². The molecule has 0 bridgehead atoms. The lowest BCUT2D eigenvalue weighted by molar-refractivity contribution is -0.177. The lowest BCUT2D eigenvalue weighted by Crippen LogP contribution is -2.41. The number of esters is 4. The highest BCUT2D eigenvalue weighted by molar-refractivity contribution is 6.00. The van der Waals surface area contributed by atoms with Gasteiger partial charge in [-0.05, 0) is 32.8 Å². The van der Waals surface area contributed by atoms with Crippen molar-refractivity contribution >= 4 is 23.9 Å². The number of ether oxygens (including phenoxy) is 4. The Kier molecular flexibility index (Phi) is 10.6. The molecule has 8 heteroatoms. The second-order valence-electron chi connectivity index (χ2n) is 5.24. The van der Waals surface area contributed by atoms with Gasteiger partial charge in [-0.1, -0.05) is 12.2 Å². The summed E-state index contributed by atoms with van der Waals surface area (Å²) in [5.41, 5.74) is -1.62. The molecule has 0 amide bonds. The van der Waals surface area contributed by atoms with Crippen LogP contribution in [0.2, 0.25) is 0 Å². The molecule has 0 unspecified atom stereocenters. The summed E-state index contributed by atoms with van der Waals surface area (Å²) in [6, 6.07) is 0. The van der Waals surface area contributed by atoms with E-state index in [1.165, 1.54) is 18.2 Å². The summed E-state index contributed by atoms with van der Waals surface area (Å²) < 4.78 is 19.7. The quantitative estimate of drug-likeness (QED) is 0.179. The van der Waals surface area contributed by atoms with Crippen molar-refractivity contribution in [3.8, 4) is 0 Å². The molecule has 26 heavy (non-hydrogen) atoms. The van der Waals surface area contributed by atoms with E-state index < -0.39 is 35.6 Å². The van der Waals surface area contributed by atoms with Gasteiger partial charge in [-0.15, -0.1) is 6.58 Å². The second kappa shape index (κ2) is 11.8. The SMILES string of the molecule is C=CCC(C/C=C/C(OC(C)=O)OC(C)=O)(C(=O)OCC)C(=O)OCC. The monoisotopic (exact) mass is 370 g/mol. The standard InChI is InChI=1S/C18H26O8/c1-6-11-18(16(21)23-7-2,17(22)24-8-3)12-9-10-15(25-13(4)19)26-14(5)20/h6,9-10,15H,1,7-8,11-12H2,2-5H3/b10-9+. The van der Waals surface area contributed by atoms with Gasteiger partial charge in [0.25, 0.3) is 6.29 Å². The minimum absolute atomic E-state index is 0.0131. The molecule has 0 aromatic rings. The summed E-state index contributed by atoms with van der Waals surface area (Å²) >= 11 is 0. The van der Waals surface area contributed by atoms with Gasteiger partial charge in [0, 0.05) is 13.8 Å². The van der Waals surface area contributed by atoms with E-state index >= 15 is 0 Å². The van der Waals surface area contributed by atoms with Gasteiger partial charge in [0.05, 0.1) is 13.2 Å². The van der Waals surface area contributed by atoms with Gasteiger partial charge < -0.3 is 18.9 Å². The first-order chi connectivity index (χ1) is 12.2. The van der Waals surface area contributed by atoms with Crippen LogP contribution in [0.3, 0.4) is 0 Å². The van der Waals surface area contributed by atoms with E-state index in [2.05, 4.69) is 6.58 Å². The maximum Gasteiger partial charge on any atom is 0.324 e. The second-order valence-corrected chi connectivity index (χ2v) is 5.24. The van der Waals surface area contributed by atoms with Gasteiger partial charge in [-0.3, -0.25) is 19.2 Å². The number of hydrogen-bond acceptors (Lipinski definition) is 8. The Morgan fingerprint density at radius 3 is 1.73 bits per heavy atom. The van der Waals surface area contributed by atoms with Crippen molar-refractivity contribution in [2.24, 2.45) is 5.41 Å². The largest absolute Gasteiger partial charge is 0.465 e. The summed E-state index contributed by atoms with van der Waals surface area (Å²) in [4.78, 5) is 47.0. The lowest BCUT2D eigenvalue weighted by Gasteiger charge is -2.27. The van der Waals surface area contributed by atoms with Gasteiger partial charge in [-0.25, -0.2) is 0 Å². The smallest absolute Gasteiger partial charge is 0.324 e. The number of hydrogen-bond donors (Lipinski definition) is 0. The molecule has 0 saturated heterocycles. The molecule has 0 rings (SSSR count). The third kappa shape index (κ3) is 7.50. The highest BCUT2D eigenvalue weighted by Crippen LogP contribution is 2.32. The summed E-state index contributed by atoms with van der Waals surface area (Å²) in [5, 5.41) is 0. The molecule has 0 fully saturated rings. The summed E-state index contributed by atoms with van der Waals surface area (Å²) in [7, 11) is 0. The topological polar surface area (TPSA) is 105 Å². The van der Waals surface area contributed by atoms with Crippen molar-refractivity contribution in [1.82, 2.24) is 0 Å². The molecule has 0 radical (unpaired) electrons. The normalized spacial score (nSPS) is 11.1. The van der Waals surface area contributed by atoms with Crippen molar-refractivity contribution in [2.75, 3.05) is 13.2 Å². The number of carbonyl (C=O) groups is 4. The zero-order chi connectivity index (χ0) is 20.2. The molecule has 0 heterocycles. The zero-order valence-corrected chi connectivity index (χ0v) is 15.6. The summed E-state index contributed by atoms with van der Waals surface area (Å²) in [5.74, 6) is -2.82. The van der Waals surface area contributed by atoms with Crippen LogP contribution in [0.5, 0.6) is 0 Å². The molecule has 0 aliphatic heterocycles. The number of rotatable bonds is 11. The molecule has 0 atom stereocenters. The molecule has 0 aliphatic carbocycles. The van der Waals surface area contributed by atoms with E-state index in [4.69, 9.17) is 18.9 Å². The minimum Gasteiger partial charge on any atom is -0.465 e. The average molecular weight is 370 g/mol. The van der Waals surface area contributed by atoms with Crippen LogP contribution in [-0.2, 0) is 38.1 Å². The Labute approximate surface area is 153 Å². The van der Waals surface area contributed by atoms with Crippen LogP contribution in [0.1, 0.15) is 40.5 Å². The Balaban J connectivity index is 5.57. The first kappa shape index (κ1) is 23.4. The van der Waals surface area contributed by atoms with Crippen molar-refractivity contribution in [1.29, 1.82) is 0 Å². The van der Waals surface area contributed by atoms with E-state index in [1.807, 2.05) is 0 Å². The Bertz CT molecular complexity index is 515. The molecule has 8 nitrogen and oxygen atoms in total. The summed E-state index contributed by atoms with van der Waals surface area (Å²) in [6.07, 6.45) is 2.68. The Morgan fingerprint density at radius 1 is 0.923 bits per heavy atom. The van der Waals surface area contributed by atoms with Gasteiger partial charge >= 0.3 is 23.9 Å². The Hall–Kier alpha value is -2.64. The third-order valence-corrected chi connectivity index (χ3v) is 3.15. The predicted octanol–water partition coefficient (Wildman–Crippen LogP) is 2.07. The van der Waals surface area contributed by atoms with Crippen LogP contribution in [-0.4, -0.2) is 43.4 Å². The van der Waals surface area contributed by atoms with Crippen LogP contribution in [0.15, 0.2) is 24.8 Å². The van der Waals surface area contributed by atoms with Crippen LogP contribution in [0.25, 0.3) is 0 Å². The lowest BCUT2D eigenvalue weighted by atomic mass is 9.80. The van der Waals surface area contributed by atoms with Gasteiger partial charge in [0.15, 0.2) is 5.41 Å². The van der Waals surface area contributed by atoms with Crippen LogP contribution in [0, 0.1) is 5.41 Å². The van der Waals surface area contributed by atoms with E-state index in [1.54, 1.807) is 13.8 Å². The molecule has 146 valence electrons. The average Bonchev–Trinajstić information content (AvgIpc) is 2.53. The van der Waals surface area contributed by atoms with Gasteiger partial charge in [0.1, 0.15) is 0 Å². The molecule has 0 aromatic carbocycles. The van der Waals surface area contributed by atoms with Crippen molar-refractivity contribution in [3.05, 3.63) is 24.8 Å². The molecule has 0 saturated carbocycles. The van der Waals surface area contributed by atoms with Crippen molar-refractivity contribution in [2.45, 2.75) is 46.8 Å². The number of allylic oxidation sites excluding steroid dienone is 2. The fourth-order valence-electron chi connectivity index (χ4n) is 2.09. The fraction of sp³-hybridized carbons (Fsp3) is 0.556. The van der Waals surface area contributed by atoms with Crippen molar-refractivity contribution in [3.63, 3.8) is 0 Å². The third-order valence-electron chi connectivity index (χ3n) is 3.15. The van der Waals surface area contributed by atoms with E-state index in [0.29, 0.717) is 0 Å². The molecule has 0 aromatic heterocycles. The van der Waals surface area contributed by atoms with Gasteiger partial charge in [0.2, 0.25) is 0 Å². The van der Waals surface area contributed by atoms with E-state index in [0.717, 1.165) is 13.8 Å². The maximum absolute atomic E-state index is 12.4. The van der Waals surface area contributed by atoms with Crippen LogP contribution < -0.4 is 0 Å². The molecule has 0 aliphatic rings. The Morgan fingerprint density at radius 2 is 1.38 bits per heavy atom.